The van der Waals surface area contributed by atoms with E-state index in [0.717, 1.165) is 22.9 Å². The van der Waals surface area contributed by atoms with Crippen LogP contribution in [0.3, 0.4) is 0 Å². The Labute approximate surface area is 206 Å². The van der Waals surface area contributed by atoms with Crippen molar-refractivity contribution in [2.45, 2.75) is 39.2 Å². The number of nitrogens with zero attached hydrogens (tertiary/aromatic N) is 4. The standard InChI is InChI=1S/C26H34N4O3S/c1-19(2)30(26-27-24(28-34-26)18-20-9-7-6-8-10-20)16-14-25(31)29(3)15-13-21-11-12-22(32-4)23(17-21)33-5/h6-12,17,19H,13-16,18H2,1-5H3. The molecule has 0 radical (unpaired) electrons. The molecule has 0 atom stereocenters. The Morgan fingerprint density at radius 3 is 2.41 bits per heavy atom. The first-order valence-electron chi connectivity index (χ1n) is 11.5. The summed E-state index contributed by atoms with van der Waals surface area (Å²) in [4.78, 5) is 21.5. The van der Waals surface area contributed by atoms with Crippen LogP contribution in [0.25, 0.3) is 0 Å². The molecule has 0 saturated carbocycles. The van der Waals surface area contributed by atoms with Crippen LogP contribution in [0.2, 0.25) is 0 Å². The fourth-order valence-electron chi connectivity index (χ4n) is 3.65. The molecule has 182 valence electrons. The van der Waals surface area contributed by atoms with E-state index in [-0.39, 0.29) is 11.9 Å². The number of anilines is 1. The van der Waals surface area contributed by atoms with Gasteiger partial charge in [0.2, 0.25) is 11.0 Å². The summed E-state index contributed by atoms with van der Waals surface area (Å²) in [6.07, 6.45) is 1.88. The Balaban J connectivity index is 1.53. The number of methoxy groups -OCH3 is 2. The fourth-order valence-corrected chi connectivity index (χ4v) is 4.50. The Bertz CT molecular complexity index is 1060. The summed E-state index contributed by atoms with van der Waals surface area (Å²) in [5.74, 6) is 2.33. The third kappa shape index (κ3) is 6.93. The van der Waals surface area contributed by atoms with Crippen molar-refractivity contribution in [2.75, 3.05) is 39.3 Å². The third-order valence-corrected chi connectivity index (χ3v) is 6.50. The molecule has 3 aromatic rings. The second kappa shape index (κ2) is 12.4. The smallest absolute Gasteiger partial charge is 0.224 e. The van der Waals surface area contributed by atoms with Gasteiger partial charge in [0.05, 0.1) is 14.2 Å². The highest BCUT2D eigenvalue weighted by Gasteiger charge is 2.19. The molecular formula is C26H34N4O3S. The van der Waals surface area contributed by atoms with Crippen LogP contribution in [0.5, 0.6) is 11.5 Å². The van der Waals surface area contributed by atoms with Gasteiger partial charge in [0.1, 0.15) is 5.82 Å². The quantitative estimate of drug-likeness (QED) is 0.380. The minimum absolute atomic E-state index is 0.111. The van der Waals surface area contributed by atoms with Crippen LogP contribution in [0.4, 0.5) is 5.13 Å². The third-order valence-electron chi connectivity index (χ3n) is 5.71. The molecule has 1 aromatic heterocycles. The van der Waals surface area contributed by atoms with Gasteiger partial charge in [-0.25, -0.2) is 4.98 Å². The van der Waals surface area contributed by atoms with Crippen molar-refractivity contribution in [1.82, 2.24) is 14.3 Å². The van der Waals surface area contributed by atoms with Gasteiger partial charge in [-0.15, -0.1) is 0 Å². The van der Waals surface area contributed by atoms with Crippen LogP contribution in [-0.2, 0) is 17.6 Å². The first-order valence-corrected chi connectivity index (χ1v) is 12.3. The van der Waals surface area contributed by atoms with Crippen molar-refractivity contribution in [3.63, 3.8) is 0 Å². The molecule has 0 N–H and O–H groups in total. The molecule has 0 aliphatic carbocycles. The number of hydrogen-bond acceptors (Lipinski definition) is 7. The molecule has 34 heavy (non-hydrogen) atoms. The lowest BCUT2D eigenvalue weighted by Gasteiger charge is -2.26. The molecule has 2 aromatic carbocycles. The van der Waals surface area contributed by atoms with E-state index in [9.17, 15) is 4.79 Å². The lowest BCUT2D eigenvalue weighted by molar-refractivity contribution is -0.129. The van der Waals surface area contributed by atoms with Crippen molar-refractivity contribution >= 4 is 22.6 Å². The highest BCUT2D eigenvalue weighted by atomic mass is 32.1. The second-order valence-electron chi connectivity index (χ2n) is 8.45. The summed E-state index contributed by atoms with van der Waals surface area (Å²) in [5, 5.41) is 0.863. The number of carbonyl (C=O) groups excluding carboxylic acids is 1. The number of amides is 1. The van der Waals surface area contributed by atoms with Crippen molar-refractivity contribution in [3.05, 3.63) is 65.5 Å². The van der Waals surface area contributed by atoms with Crippen LogP contribution in [-0.4, -0.2) is 60.6 Å². The van der Waals surface area contributed by atoms with Crippen molar-refractivity contribution in [1.29, 1.82) is 0 Å². The van der Waals surface area contributed by atoms with Gasteiger partial charge in [-0.05, 0) is 43.5 Å². The van der Waals surface area contributed by atoms with Gasteiger partial charge in [0, 0.05) is 50.6 Å². The predicted molar refractivity (Wildman–Crippen MR) is 137 cm³/mol. The Morgan fingerprint density at radius 2 is 1.74 bits per heavy atom. The molecule has 0 unspecified atom stereocenters. The molecular weight excluding hydrogens is 448 g/mol. The van der Waals surface area contributed by atoms with Gasteiger partial charge in [0.15, 0.2) is 11.5 Å². The van der Waals surface area contributed by atoms with Crippen LogP contribution < -0.4 is 14.4 Å². The molecule has 7 nitrogen and oxygen atoms in total. The molecule has 0 saturated heterocycles. The molecule has 0 aliphatic heterocycles. The average molecular weight is 483 g/mol. The van der Waals surface area contributed by atoms with E-state index in [2.05, 4.69) is 35.3 Å². The minimum atomic E-state index is 0.111. The van der Waals surface area contributed by atoms with Gasteiger partial charge in [-0.3, -0.25) is 4.79 Å². The normalized spacial score (nSPS) is 10.9. The summed E-state index contributed by atoms with van der Waals surface area (Å²) in [5.41, 5.74) is 2.29. The van der Waals surface area contributed by atoms with Crippen LogP contribution in [0, 0.1) is 0 Å². The highest BCUT2D eigenvalue weighted by Crippen LogP contribution is 2.27. The number of aromatic nitrogens is 2. The number of likely N-dealkylation sites (N-methyl/N-ethyl adjacent to an activating group) is 1. The zero-order valence-corrected chi connectivity index (χ0v) is 21.5. The Morgan fingerprint density at radius 1 is 1.00 bits per heavy atom. The first-order chi connectivity index (χ1) is 16.4. The molecule has 0 fully saturated rings. The van der Waals surface area contributed by atoms with Crippen molar-refractivity contribution < 1.29 is 14.3 Å². The van der Waals surface area contributed by atoms with Gasteiger partial charge >= 0.3 is 0 Å². The monoisotopic (exact) mass is 482 g/mol. The van der Waals surface area contributed by atoms with Gasteiger partial charge in [0.25, 0.3) is 0 Å². The summed E-state index contributed by atoms with van der Waals surface area (Å²) in [6, 6.07) is 16.3. The zero-order chi connectivity index (χ0) is 24.5. The van der Waals surface area contributed by atoms with Crippen molar-refractivity contribution in [2.24, 2.45) is 0 Å². The highest BCUT2D eigenvalue weighted by molar-refractivity contribution is 7.09. The maximum absolute atomic E-state index is 12.8. The number of ether oxygens (including phenoxy) is 2. The predicted octanol–water partition coefficient (Wildman–Crippen LogP) is 4.45. The Hall–Kier alpha value is -3.13. The molecule has 8 heteroatoms. The molecule has 0 aliphatic rings. The summed E-state index contributed by atoms with van der Waals surface area (Å²) in [7, 11) is 5.10. The van der Waals surface area contributed by atoms with E-state index in [1.165, 1.54) is 17.1 Å². The number of hydrogen-bond donors (Lipinski definition) is 0. The number of carbonyl (C=O) groups is 1. The van der Waals surface area contributed by atoms with Crippen LogP contribution >= 0.6 is 11.5 Å². The van der Waals surface area contributed by atoms with E-state index in [1.54, 1.807) is 19.1 Å². The van der Waals surface area contributed by atoms with Gasteiger partial charge < -0.3 is 19.3 Å². The molecule has 1 heterocycles. The summed E-state index contributed by atoms with van der Waals surface area (Å²) in [6.45, 7) is 5.47. The molecule has 0 spiro atoms. The summed E-state index contributed by atoms with van der Waals surface area (Å²) < 4.78 is 15.2. The Kier molecular flexibility index (Phi) is 9.27. The first kappa shape index (κ1) is 25.5. The molecule has 1 amide bonds. The topological polar surface area (TPSA) is 67.8 Å². The lowest BCUT2D eigenvalue weighted by atomic mass is 10.1. The van der Waals surface area contributed by atoms with Crippen LogP contribution in [0.15, 0.2) is 48.5 Å². The SMILES string of the molecule is COc1ccc(CCN(C)C(=O)CCN(c2nc(Cc3ccccc3)ns2)C(C)C)cc1OC. The van der Waals surface area contributed by atoms with E-state index in [0.29, 0.717) is 37.4 Å². The molecule has 0 bridgehead atoms. The summed E-state index contributed by atoms with van der Waals surface area (Å²) >= 11 is 1.40. The van der Waals surface area contributed by atoms with E-state index in [1.807, 2.05) is 43.4 Å². The maximum Gasteiger partial charge on any atom is 0.224 e. The zero-order valence-electron chi connectivity index (χ0n) is 20.7. The minimum Gasteiger partial charge on any atom is -0.493 e. The fraction of sp³-hybridized carbons (Fsp3) is 0.423. The molecule has 3 rings (SSSR count). The number of benzene rings is 2. The van der Waals surface area contributed by atoms with Crippen molar-refractivity contribution in [3.8, 4) is 11.5 Å². The largest absolute Gasteiger partial charge is 0.493 e. The maximum atomic E-state index is 12.8. The van der Waals surface area contributed by atoms with Gasteiger partial charge in [-0.1, -0.05) is 36.4 Å². The lowest BCUT2D eigenvalue weighted by Crippen LogP contribution is -2.36. The van der Waals surface area contributed by atoms with E-state index in [4.69, 9.17) is 14.5 Å². The van der Waals surface area contributed by atoms with E-state index >= 15 is 0 Å². The second-order valence-corrected chi connectivity index (χ2v) is 9.18. The number of rotatable bonds is 12. The average Bonchev–Trinajstić information content (AvgIpc) is 3.30. The van der Waals surface area contributed by atoms with Crippen LogP contribution in [0.1, 0.15) is 37.2 Å². The van der Waals surface area contributed by atoms with Gasteiger partial charge in [-0.2, -0.15) is 4.37 Å². The van der Waals surface area contributed by atoms with E-state index < -0.39 is 0 Å².